The Morgan fingerprint density at radius 1 is 0.755 bits per heavy atom. The number of ether oxygens (including phenoxy) is 6. The summed E-state index contributed by atoms with van der Waals surface area (Å²) in [5.74, 6) is 4.00. The number of hydrogen-bond donors (Lipinski definition) is 0. The van der Waals surface area contributed by atoms with Crippen LogP contribution >= 0.6 is 0 Å². The lowest BCUT2D eigenvalue weighted by Crippen LogP contribution is -2.34. The number of likely N-dealkylation sites (N-methyl/N-ethyl adjacent to an activating group) is 2. The molecule has 0 unspecified atom stereocenters. The number of rotatable bonds is 5. The van der Waals surface area contributed by atoms with Crippen LogP contribution in [0.1, 0.15) is 45.5 Å². The van der Waals surface area contributed by atoms with Crippen LogP contribution in [0.4, 0.5) is 0 Å². The fourth-order valence-electron chi connectivity index (χ4n) is 7.34. The normalized spacial score (nSPS) is 18.6. The zero-order valence-corrected chi connectivity index (χ0v) is 28.7. The minimum atomic E-state index is -0.546. The summed E-state index contributed by atoms with van der Waals surface area (Å²) in [7, 11) is 9.29. The number of fused-ring (bicyclic) bond motifs is 2. The maximum atomic E-state index is 12.2. The van der Waals surface area contributed by atoms with Crippen LogP contribution < -0.4 is 28.4 Å². The summed E-state index contributed by atoms with van der Waals surface area (Å²) in [6.07, 6.45) is 4.28. The predicted octanol–water partition coefficient (Wildman–Crippen LogP) is 7.25. The average Bonchev–Trinajstić information content (AvgIpc) is 3.11. The first-order valence-corrected chi connectivity index (χ1v) is 16.6. The second kappa shape index (κ2) is 13.5. The van der Waals surface area contributed by atoms with Crippen molar-refractivity contribution in [1.29, 1.82) is 0 Å². The first-order chi connectivity index (χ1) is 23.8. The molecule has 6 bridgehead atoms. The van der Waals surface area contributed by atoms with Crippen molar-refractivity contribution in [3.8, 4) is 46.0 Å². The maximum Gasteiger partial charge on any atom is 0.335 e. The number of methoxy groups -OCH3 is 3. The largest absolute Gasteiger partial charge is 0.493 e. The van der Waals surface area contributed by atoms with Gasteiger partial charge in [0.2, 0.25) is 5.75 Å². The number of benzene rings is 4. The first-order valence-electron chi connectivity index (χ1n) is 16.6. The molecule has 9 heteroatoms. The van der Waals surface area contributed by atoms with Crippen molar-refractivity contribution in [3.63, 3.8) is 0 Å². The second-order valence-electron chi connectivity index (χ2n) is 12.9. The van der Waals surface area contributed by atoms with E-state index >= 15 is 0 Å². The Labute approximate surface area is 287 Å². The van der Waals surface area contributed by atoms with E-state index in [0.29, 0.717) is 52.4 Å². The molecule has 4 aromatic rings. The standard InChI is InChI=1S/C40H42N2O7/c1-7-37(43)48-32-13-10-25-19-30-29-23-35(33(44-4)21-26(29)14-16-41(30)2)49-40-38-27(22-36(45-5)39(40)46-6)15-17-42(3)31(38)18-24-8-11-28(12-9-24)47-34(32)20-25/h7-13,20-23,30-31H,1,14-19H2,2-6H3/t30-,31+/m1/s1. The monoisotopic (exact) mass is 662 g/mol. The Hall–Kier alpha value is -4.99. The van der Waals surface area contributed by atoms with Crippen molar-refractivity contribution in [2.45, 2.75) is 37.8 Å². The molecule has 49 heavy (non-hydrogen) atoms. The molecule has 0 radical (unpaired) electrons. The van der Waals surface area contributed by atoms with Crippen LogP contribution in [-0.2, 0) is 30.5 Å². The van der Waals surface area contributed by atoms with Crippen molar-refractivity contribution >= 4 is 5.97 Å². The van der Waals surface area contributed by atoms with Crippen molar-refractivity contribution < 1.29 is 33.2 Å². The molecular formula is C40H42N2O7. The van der Waals surface area contributed by atoms with Gasteiger partial charge in [0, 0.05) is 36.8 Å². The lowest BCUT2D eigenvalue weighted by Gasteiger charge is -2.37. The minimum Gasteiger partial charge on any atom is -0.493 e. The highest BCUT2D eigenvalue weighted by Gasteiger charge is 2.34. The summed E-state index contributed by atoms with van der Waals surface area (Å²) < 4.78 is 36.9. The van der Waals surface area contributed by atoms with Gasteiger partial charge in [-0.25, -0.2) is 4.79 Å². The van der Waals surface area contributed by atoms with E-state index in [1.807, 2.05) is 24.3 Å². The smallest absolute Gasteiger partial charge is 0.335 e. The molecule has 4 aromatic carbocycles. The Morgan fingerprint density at radius 3 is 2.12 bits per heavy atom. The van der Waals surface area contributed by atoms with Crippen molar-refractivity contribution in [3.05, 3.63) is 107 Å². The van der Waals surface area contributed by atoms with Gasteiger partial charge in [0.15, 0.2) is 34.5 Å². The molecule has 4 aliphatic heterocycles. The zero-order valence-electron chi connectivity index (χ0n) is 28.7. The van der Waals surface area contributed by atoms with Gasteiger partial charge in [0.1, 0.15) is 5.75 Å². The number of esters is 1. The van der Waals surface area contributed by atoms with Gasteiger partial charge in [-0.2, -0.15) is 0 Å². The highest BCUT2D eigenvalue weighted by molar-refractivity contribution is 5.84. The minimum absolute atomic E-state index is 0.00619. The van der Waals surface area contributed by atoms with Gasteiger partial charge >= 0.3 is 5.97 Å². The Bertz CT molecular complexity index is 1900. The molecule has 0 saturated heterocycles. The lowest BCUT2D eigenvalue weighted by molar-refractivity contribution is -0.129. The Balaban J connectivity index is 1.44. The molecule has 0 aliphatic carbocycles. The van der Waals surface area contributed by atoms with Crippen LogP contribution in [0, 0.1) is 0 Å². The summed E-state index contributed by atoms with van der Waals surface area (Å²) in [6.45, 7) is 5.32. The average molecular weight is 663 g/mol. The molecule has 0 aromatic heterocycles. The summed E-state index contributed by atoms with van der Waals surface area (Å²) in [4.78, 5) is 17.0. The van der Waals surface area contributed by atoms with Crippen molar-refractivity contribution in [2.75, 3.05) is 48.5 Å². The van der Waals surface area contributed by atoms with E-state index < -0.39 is 5.97 Å². The maximum absolute atomic E-state index is 12.2. The van der Waals surface area contributed by atoms with Crippen LogP contribution in [0.15, 0.2) is 73.3 Å². The van der Waals surface area contributed by atoms with E-state index in [-0.39, 0.29) is 12.1 Å². The third kappa shape index (κ3) is 6.20. The highest BCUT2D eigenvalue weighted by atomic mass is 16.6. The number of nitrogens with zero attached hydrogens (tertiary/aromatic N) is 2. The number of carbonyl (C=O) groups is 1. The van der Waals surface area contributed by atoms with Gasteiger partial charge in [0.05, 0.1) is 21.3 Å². The topological polar surface area (TPSA) is 78.9 Å². The van der Waals surface area contributed by atoms with Gasteiger partial charge in [-0.3, -0.25) is 9.80 Å². The van der Waals surface area contributed by atoms with Crippen LogP contribution in [0.2, 0.25) is 0 Å². The van der Waals surface area contributed by atoms with E-state index in [2.05, 4.69) is 60.8 Å². The molecule has 0 fully saturated rings. The second-order valence-corrected chi connectivity index (χ2v) is 12.9. The van der Waals surface area contributed by atoms with Gasteiger partial charge in [-0.1, -0.05) is 24.8 Å². The SMILES string of the molecule is C=CC(=O)Oc1ccc2cc1Oc1ccc(cc1)C[C@H]1c3c(cc(OC)c(OC)c3Oc3cc4c(cc3OC)CCN(C)[C@@H]4C2)CCN1C. The fraction of sp³-hybridized carbons (Fsp3) is 0.325. The summed E-state index contributed by atoms with van der Waals surface area (Å²) in [5.41, 5.74) is 6.78. The zero-order chi connectivity index (χ0) is 34.2. The first kappa shape index (κ1) is 32.6. The third-order valence-electron chi connectivity index (χ3n) is 10.0. The van der Waals surface area contributed by atoms with E-state index in [4.69, 9.17) is 28.4 Å². The van der Waals surface area contributed by atoms with Gasteiger partial charge < -0.3 is 28.4 Å². The highest BCUT2D eigenvalue weighted by Crippen LogP contribution is 2.52. The molecule has 0 amide bonds. The molecule has 0 spiro atoms. The summed E-state index contributed by atoms with van der Waals surface area (Å²) >= 11 is 0. The Morgan fingerprint density at radius 2 is 1.41 bits per heavy atom. The molecule has 0 N–H and O–H groups in total. The van der Waals surface area contributed by atoms with E-state index in [0.717, 1.165) is 60.7 Å². The quantitative estimate of drug-likeness (QED) is 0.125. The van der Waals surface area contributed by atoms with Gasteiger partial charge in [-0.05, 0) is 110 Å². The molecular weight excluding hydrogens is 620 g/mol. The molecule has 254 valence electrons. The lowest BCUT2D eigenvalue weighted by atomic mass is 9.87. The third-order valence-corrected chi connectivity index (χ3v) is 10.0. The fourth-order valence-corrected chi connectivity index (χ4v) is 7.34. The van der Waals surface area contributed by atoms with Crippen LogP contribution in [0.3, 0.4) is 0 Å². The van der Waals surface area contributed by atoms with Crippen LogP contribution in [-0.4, -0.2) is 64.3 Å². The van der Waals surface area contributed by atoms with Crippen LogP contribution in [0.25, 0.3) is 0 Å². The van der Waals surface area contributed by atoms with Gasteiger partial charge in [0.25, 0.3) is 0 Å². The molecule has 0 saturated carbocycles. The van der Waals surface area contributed by atoms with E-state index in [9.17, 15) is 4.79 Å². The number of carbonyl (C=O) groups excluding carboxylic acids is 1. The van der Waals surface area contributed by atoms with Crippen molar-refractivity contribution in [1.82, 2.24) is 9.80 Å². The van der Waals surface area contributed by atoms with E-state index in [1.54, 1.807) is 27.4 Å². The molecule has 4 aliphatic rings. The Kier molecular flexibility index (Phi) is 8.96. The molecule has 9 nitrogen and oxygen atoms in total. The van der Waals surface area contributed by atoms with Gasteiger partial charge in [-0.15, -0.1) is 0 Å². The number of hydrogen-bond acceptors (Lipinski definition) is 9. The van der Waals surface area contributed by atoms with Crippen LogP contribution in [0.5, 0.6) is 46.0 Å². The molecule has 8 rings (SSSR count). The summed E-state index contributed by atoms with van der Waals surface area (Å²) in [6, 6.07) is 20.1. The summed E-state index contributed by atoms with van der Waals surface area (Å²) in [5, 5.41) is 0. The van der Waals surface area contributed by atoms with Crippen molar-refractivity contribution in [2.24, 2.45) is 0 Å². The van der Waals surface area contributed by atoms with E-state index in [1.165, 1.54) is 11.1 Å². The molecule has 4 heterocycles. The predicted molar refractivity (Wildman–Crippen MR) is 187 cm³/mol. The molecule has 2 atom stereocenters.